The van der Waals surface area contributed by atoms with Gasteiger partial charge in [0.1, 0.15) is 11.4 Å². The normalized spacial score (nSPS) is 14.8. The fourth-order valence-electron chi connectivity index (χ4n) is 2.53. The largest absolute Gasteiger partial charge is 0.385 e. The average Bonchev–Trinajstić information content (AvgIpc) is 3.04. The lowest BCUT2D eigenvalue weighted by atomic mass is 10.2. The molecule has 0 spiro atoms. The summed E-state index contributed by atoms with van der Waals surface area (Å²) >= 11 is 0. The summed E-state index contributed by atoms with van der Waals surface area (Å²) in [6.45, 7) is 1.12. The molecule has 1 aromatic rings. The highest BCUT2D eigenvalue weighted by Crippen LogP contribution is 2.17. The number of methoxy groups -OCH3 is 1. The summed E-state index contributed by atoms with van der Waals surface area (Å²) in [5.74, 6) is -0.479. The van der Waals surface area contributed by atoms with E-state index < -0.39 is 0 Å². The van der Waals surface area contributed by atoms with E-state index in [1.54, 1.807) is 25.3 Å². The molecule has 6 nitrogen and oxygen atoms in total. The van der Waals surface area contributed by atoms with Gasteiger partial charge in [0.15, 0.2) is 0 Å². The van der Waals surface area contributed by atoms with Crippen LogP contribution in [0.15, 0.2) is 18.2 Å². The van der Waals surface area contributed by atoms with Crippen LogP contribution >= 0.6 is 0 Å². The van der Waals surface area contributed by atoms with Gasteiger partial charge in [0.2, 0.25) is 0 Å². The topological polar surface area (TPSA) is 80.3 Å². The second-order valence-corrected chi connectivity index (χ2v) is 5.47. The number of ether oxygens (including phenoxy) is 1. The zero-order valence-electron chi connectivity index (χ0n) is 12.9. The molecule has 120 valence electrons. The lowest BCUT2D eigenvalue weighted by Gasteiger charge is -2.11. The number of aromatic nitrogens is 1. The third kappa shape index (κ3) is 4.80. The predicted octanol–water partition coefficient (Wildman–Crippen LogP) is 1.52. The number of nitrogens with zero attached hydrogens (tertiary/aromatic N) is 1. The Kier molecular flexibility index (Phi) is 6.33. The van der Waals surface area contributed by atoms with Crippen molar-refractivity contribution in [3.05, 3.63) is 29.6 Å². The minimum Gasteiger partial charge on any atom is -0.385 e. The van der Waals surface area contributed by atoms with Crippen LogP contribution in [-0.4, -0.2) is 43.1 Å². The molecule has 2 amide bonds. The van der Waals surface area contributed by atoms with Crippen LogP contribution in [0.3, 0.4) is 0 Å². The molecule has 6 heteroatoms. The molecule has 0 radical (unpaired) electrons. The Labute approximate surface area is 130 Å². The van der Waals surface area contributed by atoms with E-state index in [0.717, 1.165) is 32.1 Å². The van der Waals surface area contributed by atoms with Crippen molar-refractivity contribution < 1.29 is 14.3 Å². The summed E-state index contributed by atoms with van der Waals surface area (Å²) in [7, 11) is 1.62. The molecule has 0 atom stereocenters. The van der Waals surface area contributed by atoms with Crippen molar-refractivity contribution in [2.45, 2.75) is 38.1 Å². The molecule has 0 unspecified atom stereocenters. The van der Waals surface area contributed by atoms with Gasteiger partial charge in [-0.1, -0.05) is 18.9 Å². The van der Waals surface area contributed by atoms with E-state index in [1.807, 2.05) is 0 Å². The number of pyridine rings is 1. The molecule has 0 aromatic carbocycles. The van der Waals surface area contributed by atoms with Gasteiger partial charge in [-0.05, 0) is 31.4 Å². The van der Waals surface area contributed by atoms with Gasteiger partial charge in [0.25, 0.3) is 11.8 Å². The van der Waals surface area contributed by atoms with Gasteiger partial charge in [-0.15, -0.1) is 0 Å². The van der Waals surface area contributed by atoms with E-state index in [1.165, 1.54) is 0 Å². The van der Waals surface area contributed by atoms with E-state index in [9.17, 15) is 9.59 Å². The molecule has 1 aliphatic rings. The van der Waals surface area contributed by atoms with Gasteiger partial charge < -0.3 is 15.4 Å². The molecule has 0 aliphatic heterocycles. The molecule has 1 heterocycles. The molecule has 22 heavy (non-hydrogen) atoms. The number of amides is 2. The zero-order chi connectivity index (χ0) is 15.8. The van der Waals surface area contributed by atoms with Crippen molar-refractivity contribution in [2.75, 3.05) is 20.3 Å². The summed E-state index contributed by atoms with van der Waals surface area (Å²) in [6, 6.07) is 5.16. The van der Waals surface area contributed by atoms with E-state index in [0.29, 0.717) is 13.2 Å². The van der Waals surface area contributed by atoms with Crippen molar-refractivity contribution in [2.24, 2.45) is 0 Å². The number of rotatable bonds is 7. The van der Waals surface area contributed by atoms with Crippen molar-refractivity contribution in [3.63, 3.8) is 0 Å². The van der Waals surface area contributed by atoms with Crippen LogP contribution in [-0.2, 0) is 4.74 Å². The summed E-state index contributed by atoms with van der Waals surface area (Å²) in [4.78, 5) is 28.3. The summed E-state index contributed by atoms with van der Waals surface area (Å²) in [5.41, 5.74) is 0.549. The Hall–Kier alpha value is -1.95. The fourth-order valence-corrected chi connectivity index (χ4v) is 2.53. The Balaban J connectivity index is 1.90. The Bertz CT molecular complexity index is 513. The maximum Gasteiger partial charge on any atom is 0.270 e. The number of hydrogen-bond acceptors (Lipinski definition) is 4. The minimum absolute atomic E-state index is 0.207. The van der Waals surface area contributed by atoms with Crippen molar-refractivity contribution in [3.8, 4) is 0 Å². The van der Waals surface area contributed by atoms with Crippen molar-refractivity contribution >= 4 is 11.8 Å². The Morgan fingerprint density at radius 1 is 1.23 bits per heavy atom. The van der Waals surface area contributed by atoms with Gasteiger partial charge in [-0.25, -0.2) is 4.98 Å². The molecule has 0 saturated heterocycles. The minimum atomic E-state index is -0.272. The molecule has 1 saturated carbocycles. The van der Waals surface area contributed by atoms with Gasteiger partial charge in [0.05, 0.1) is 0 Å². The summed E-state index contributed by atoms with van der Waals surface area (Å²) < 4.78 is 4.92. The smallest absolute Gasteiger partial charge is 0.270 e. The molecule has 2 N–H and O–H groups in total. The lowest BCUT2D eigenvalue weighted by molar-refractivity contribution is 0.0931. The SMILES string of the molecule is COCCCNC(=O)c1cccc(C(=O)NC2CCCC2)n1. The first-order valence-corrected chi connectivity index (χ1v) is 7.76. The molecule has 1 fully saturated rings. The second-order valence-electron chi connectivity index (χ2n) is 5.47. The van der Waals surface area contributed by atoms with E-state index in [2.05, 4.69) is 15.6 Å². The van der Waals surface area contributed by atoms with Gasteiger partial charge in [0, 0.05) is 26.3 Å². The van der Waals surface area contributed by atoms with E-state index in [4.69, 9.17) is 4.74 Å². The first-order chi connectivity index (χ1) is 10.7. The van der Waals surface area contributed by atoms with Crippen LogP contribution in [0.1, 0.15) is 53.1 Å². The molecule has 0 bridgehead atoms. The van der Waals surface area contributed by atoms with Crippen LogP contribution in [0.5, 0.6) is 0 Å². The van der Waals surface area contributed by atoms with Crippen molar-refractivity contribution in [1.82, 2.24) is 15.6 Å². The maximum absolute atomic E-state index is 12.2. The predicted molar refractivity (Wildman–Crippen MR) is 82.8 cm³/mol. The van der Waals surface area contributed by atoms with E-state index >= 15 is 0 Å². The second kappa shape index (κ2) is 8.48. The number of carbonyl (C=O) groups is 2. The third-order valence-corrected chi connectivity index (χ3v) is 3.72. The molecule has 1 aliphatic carbocycles. The number of hydrogen-bond donors (Lipinski definition) is 2. The number of carbonyl (C=O) groups excluding carboxylic acids is 2. The fraction of sp³-hybridized carbons (Fsp3) is 0.562. The summed E-state index contributed by atoms with van der Waals surface area (Å²) in [5, 5.41) is 5.73. The Morgan fingerprint density at radius 3 is 2.59 bits per heavy atom. The highest BCUT2D eigenvalue weighted by molar-refractivity contribution is 5.96. The highest BCUT2D eigenvalue weighted by atomic mass is 16.5. The Morgan fingerprint density at radius 2 is 1.91 bits per heavy atom. The first-order valence-electron chi connectivity index (χ1n) is 7.76. The number of nitrogens with one attached hydrogen (secondary N) is 2. The molecule has 2 rings (SSSR count). The van der Waals surface area contributed by atoms with Crippen molar-refractivity contribution in [1.29, 1.82) is 0 Å². The van der Waals surface area contributed by atoms with Crippen LogP contribution in [0.2, 0.25) is 0 Å². The quantitative estimate of drug-likeness (QED) is 0.749. The highest BCUT2D eigenvalue weighted by Gasteiger charge is 2.19. The monoisotopic (exact) mass is 305 g/mol. The third-order valence-electron chi connectivity index (χ3n) is 3.72. The average molecular weight is 305 g/mol. The van der Waals surface area contributed by atoms with Gasteiger partial charge in [-0.3, -0.25) is 9.59 Å². The lowest BCUT2D eigenvalue weighted by Crippen LogP contribution is -2.33. The van der Waals surface area contributed by atoms with Gasteiger partial charge in [-0.2, -0.15) is 0 Å². The van der Waals surface area contributed by atoms with E-state index in [-0.39, 0.29) is 29.2 Å². The summed E-state index contributed by atoms with van der Waals surface area (Å²) in [6.07, 6.45) is 5.09. The van der Waals surface area contributed by atoms with Gasteiger partial charge >= 0.3 is 0 Å². The maximum atomic E-state index is 12.2. The van der Waals surface area contributed by atoms with Crippen LogP contribution in [0, 0.1) is 0 Å². The molecular formula is C16H23N3O3. The van der Waals surface area contributed by atoms with Crippen LogP contribution in [0.4, 0.5) is 0 Å². The first kappa shape index (κ1) is 16.4. The molecule has 1 aromatic heterocycles. The molecular weight excluding hydrogens is 282 g/mol. The standard InChI is InChI=1S/C16H23N3O3/c1-22-11-5-10-17-15(20)13-8-4-9-14(19-13)16(21)18-12-6-2-3-7-12/h4,8-9,12H,2-3,5-7,10-11H2,1H3,(H,17,20)(H,18,21). The van der Waals surface area contributed by atoms with Crippen LogP contribution < -0.4 is 10.6 Å². The van der Waals surface area contributed by atoms with Crippen LogP contribution in [0.25, 0.3) is 0 Å². The zero-order valence-corrected chi connectivity index (χ0v) is 12.9.